The molecule has 1 saturated carbocycles. The van der Waals surface area contributed by atoms with E-state index in [9.17, 15) is 4.79 Å². The summed E-state index contributed by atoms with van der Waals surface area (Å²) in [7, 11) is 1.86. The fourth-order valence-corrected chi connectivity index (χ4v) is 3.39. The highest BCUT2D eigenvalue weighted by atomic mass is 16.5. The Labute approximate surface area is 178 Å². The minimum absolute atomic E-state index is 0.169. The average molecular weight is 413 g/mol. The van der Waals surface area contributed by atoms with Crippen molar-refractivity contribution in [3.8, 4) is 0 Å². The number of likely N-dealkylation sites (N-methyl/N-ethyl adjacent to an activating group) is 1. The first-order valence-corrected chi connectivity index (χ1v) is 11.3. The summed E-state index contributed by atoms with van der Waals surface area (Å²) >= 11 is 0. The van der Waals surface area contributed by atoms with Crippen molar-refractivity contribution in [2.24, 2.45) is 5.41 Å². The fraction of sp³-hybridized carbons (Fsp3) is 0.957. The second-order valence-electron chi connectivity index (χ2n) is 10.9. The van der Waals surface area contributed by atoms with Gasteiger partial charge in [0.1, 0.15) is 0 Å². The number of hydrogen-bond donors (Lipinski definition) is 0. The summed E-state index contributed by atoms with van der Waals surface area (Å²) in [6.45, 7) is 17.9. The van der Waals surface area contributed by atoms with Gasteiger partial charge in [-0.25, -0.2) is 0 Å². The van der Waals surface area contributed by atoms with Crippen LogP contribution in [0.1, 0.15) is 67.2 Å². The molecule has 29 heavy (non-hydrogen) atoms. The quantitative estimate of drug-likeness (QED) is 0.487. The van der Waals surface area contributed by atoms with Crippen LogP contribution in [0.25, 0.3) is 0 Å². The van der Waals surface area contributed by atoms with Crippen molar-refractivity contribution >= 4 is 5.91 Å². The van der Waals surface area contributed by atoms with Gasteiger partial charge in [-0.15, -0.1) is 0 Å². The molecule has 2 fully saturated rings. The molecule has 1 saturated heterocycles. The first-order chi connectivity index (χ1) is 13.4. The third-order valence-electron chi connectivity index (χ3n) is 5.69. The summed E-state index contributed by atoms with van der Waals surface area (Å²) in [5.41, 5.74) is 0.433. The third-order valence-corrected chi connectivity index (χ3v) is 5.69. The van der Waals surface area contributed by atoms with E-state index in [1.54, 1.807) is 4.90 Å². The predicted molar refractivity (Wildman–Crippen MR) is 116 cm³/mol. The summed E-state index contributed by atoms with van der Waals surface area (Å²) in [5, 5.41) is 0. The van der Waals surface area contributed by atoms with Crippen molar-refractivity contribution in [2.45, 2.75) is 91.1 Å². The topological polar surface area (TPSA) is 51.2 Å². The number of nitrogens with zero attached hydrogens (tertiary/aromatic N) is 2. The number of ether oxygens (including phenoxy) is 3. The maximum absolute atomic E-state index is 12.2. The van der Waals surface area contributed by atoms with Crippen LogP contribution in [0.5, 0.6) is 0 Å². The average Bonchev–Trinajstić information content (AvgIpc) is 2.51. The normalized spacial score (nSPS) is 23.6. The lowest BCUT2D eigenvalue weighted by Gasteiger charge is -2.47. The summed E-state index contributed by atoms with van der Waals surface area (Å²) < 4.78 is 17.6. The number of amides is 1. The SMILES string of the molecule is CN(CCOC1CN(C(C)(C)C)C1)C(=O)CCCOC1CC(OCC(C)(C)C)C1. The van der Waals surface area contributed by atoms with Crippen molar-refractivity contribution in [3.05, 3.63) is 0 Å². The van der Waals surface area contributed by atoms with E-state index < -0.39 is 0 Å². The molecule has 1 aliphatic heterocycles. The molecule has 1 heterocycles. The molecule has 1 amide bonds. The fourth-order valence-electron chi connectivity index (χ4n) is 3.39. The molecule has 0 aromatic carbocycles. The molecule has 2 rings (SSSR count). The highest BCUT2D eigenvalue weighted by Gasteiger charge is 2.35. The Bertz CT molecular complexity index is 500. The number of carbonyl (C=O) groups excluding carboxylic acids is 1. The molecule has 0 unspecified atom stereocenters. The minimum atomic E-state index is 0.169. The van der Waals surface area contributed by atoms with Crippen molar-refractivity contribution in [2.75, 3.05) is 46.5 Å². The van der Waals surface area contributed by atoms with Crippen molar-refractivity contribution < 1.29 is 19.0 Å². The Morgan fingerprint density at radius 2 is 1.52 bits per heavy atom. The summed E-state index contributed by atoms with van der Waals surface area (Å²) in [6.07, 6.45) is 4.23. The van der Waals surface area contributed by atoms with Gasteiger partial charge in [-0.2, -0.15) is 0 Å². The summed E-state index contributed by atoms with van der Waals surface area (Å²) in [4.78, 5) is 16.4. The van der Waals surface area contributed by atoms with Gasteiger partial charge in [-0.05, 0) is 45.4 Å². The maximum Gasteiger partial charge on any atom is 0.222 e. The van der Waals surface area contributed by atoms with E-state index in [0.29, 0.717) is 44.5 Å². The lowest BCUT2D eigenvalue weighted by atomic mass is 9.91. The number of rotatable bonds is 11. The molecule has 0 N–H and O–H groups in total. The van der Waals surface area contributed by atoms with Crippen LogP contribution in [-0.2, 0) is 19.0 Å². The van der Waals surface area contributed by atoms with E-state index in [1.807, 2.05) is 7.05 Å². The first kappa shape index (κ1) is 24.6. The van der Waals surface area contributed by atoms with Gasteiger partial charge in [-0.1, -0.05) is 20.8 Å². The molecule has 0 bridgehead atoms. The zero-order valence-corrected chi connectivity index (χ0v) is 19.8. The van der Waals surface area contributed by atoms with Crippen molar-refractivity contribution in [1.29, 1.82) is 0 Å². The van der Waals surface area contributed by atoms with E-state index in [1.165, 1.54) is 0 Å². The third kappa shape index (κ3) is 8.91. The number of hydrogen-bond acceptors (Lipinski definition) is 5. The Morgan fingerprint density at radius 3 is 2.10 bits per heavy atom. The van der Waals surface area contributed by atoms with Crippen LogP contribution in [0.15, 0.2) is 0 Å². The Balaban J connectivity index is 1.43. The van der Waals surface area contributed by atoms with Gasteiger partial charge in [0.25, 0.3) is 0 Å². The molecule has 1 aliphatic carbocycles. The zero-order chi connectivity index (χ0) is 21.7. The minimum Gasteiger partial charge on any atom is -0.378 e. The molecule has 0 radical (unpaired) electrons. The van der Waals surface area contributed by atoms with E-state index in [-0.39, 0.29) is 16.9 Å². The molecular weight excluding hydrogens is 368 g/mol. The second-order valence-corrected chi connectivity index (χ2v) is 10.9. The maximum atomic E-state index is 12.2. The lowest BCUT2D eigenvalue weighted by Crippen LogP contribution is -2.59. The van der Waals surface area contributed by atoms with E-state index in [4.69, 9.17) is 14.2 Å². The second kappa shape index (κ2) is 10.6. The van der Waals surface area contributed by atoms with Gasteiger partial charge in [-0.3, -0.25) is 9.69 Å². The van der Waals surface area contributed by atoms with E-state index in [0.717, 1.165) is 39.0 Å². The zero-order valence-electron chi connectivity index (χ0n) is 19.8. The molecule has 6 nitrogen and oxygen atoms in total. The van der Waals surface area contributed by atoms with E-state index in [2.05, 4.69) is 46.4 Å². The molecule has 0 spiro atoms. The number of carbonyl (C=O) groups is 1. The van der Waals surface area contributed by atoms with Crippen LogP contribution in [0.4, 0.5) is 0 Å². The van der Waals surface area contributed by atoms with Gasteiger partial charge >= 0.3 is 0 Å². The van der Waals surface area contributed by atoms with Crippen LogP contribution in [0.2, 0.25) is 0 Å². The van der Waals surface area contributed by atoms with Crippen LogP contribution >= 0.6 is 0 Å². The summed E-state index contributed by atoms with van der Waals surface area (Å²) in [5.74, 6) is 0.169. The highest BCUT2D eigenvalue weighted by Crippen LogP contribution is 2.28. The smallest absolute Gasteiger partial charge is 0.222 e. The van der Waals surface area contributed by atoms with Crippen molar-refractivity contribution in [1.82, 2.24) is 9.80 Å². The Kier molecular flexibility index (Phi) is 8.95. The molecule has 170 valence electrons. The molecule has 2 aliphatic rings. The van der Waals surface area contributed by atoms with Gasteiger partial charge < -0.3 is 19.1 Å². The molecular formula is C23H44N2O4. The van der Waals surface area contributed by atoms with Gasteiger partial charge in [0.2, 0.25) is 5.91 Å². The molecule has 0 aromatic heterocycles. The molecule has 0 aromatic rings. The van der Waals surface area contributed by atoms with Crippen LogP contribution in [-0.4, -0.2) is 86.1 Å². The Hall–Kier alpha value is -0.690. The van der Waals surface area contributed by atoms with Crippen LogP contribution in [0, 0.1) is 5.41 Å². The summed E-state index contributed by atoms with van der Waals surface area (Å²) in [6, 6.07) is 0. The van der Waals surface area contributed by atoms with Gasteiger partial charge in [0, 0.05) is 45.2 Å². The van der Waals surface area contributed by atoms with Crippen LogP contribution in [0.3, 0.4) is 0 Å². The first-order valence-electron chi connectivity index (χ1n) is 11.3. The molecule has 6 heteroatoms. The Morgan fingerprint density at radius 1 is 0.931 bits per heavy atom. The van der Waals surface area contributed by atoms with Crippen LogP contribution < -0.4 is 0 Å². The highest BCUT2D eigenvalue weighted by molar-refractivity contribution is 5.75. The number of likely N-dealkylation sites (tertiary alicyclic amines) is 1. The molecule has 0 atom stereocenters. The van der Waals surface area contributed by atoms with Gasteiger partial charge in [0.15, 0.2) is 0 Å². The van der Waals surface area contributed by atoms with Crippen molar-refractivity contribution in [3.63, 3.8) is 0 Å². The standard InChI is InChI=1S/C23H44N2O4/c1-22(2,3)17-29-19-13-18(14-19)27-11-8-9-21(26)24(7)10-12-28-20-15-25(16-20)23(4,5)6/h18-20H,8-17H2,1-7H3. The monoisotopic (exact) mass is 412 g/mol. The largest absolute Gasteiger partial charge is 0.378 e. The predicted octanol–water partition coefficient (Wildman–Crippen LogP) is 3.33. The van der Waals surface area contributed by atoms with Gasteiger partial charge in [0.05, 0.1) is 31.5 Å². The lowest BCUT2D eigenvalue weighted by molar-refractivity contribution is -0.134. The van der Waals surface area contributed by atoms with E-state index >= 15 is 0 Å².